The van der Waals surface area contributed by atoms with Gasteiger partial charge in [0.15, 0.2) is 0 Å². The molecule has 0 aliphatic rings. The lowest BCUT2D eigenvalue weighted by Crippen LogP contribution is -2.25. The lowest BCUT2D eigenvalue weighted by molar-refractivity contribution is -0.121. The second-order valence-corrected chi connectivity index (χ2v) is 4.05. The molecule has 0 fully saturated rings. The number of carbonyl (C=O) groups excluding carboxylic acids is 1. The Morgan fingerprint density at radius 2 is 1.94 bits per heavy atom. The second-order valence-electron chi connectivity index (χ2n) is 4.05. The molecule has 0 unspecified atom stereocenters. The summed E-state index contributed by atoms with van der Waals surface area (Å²) in [7, 11) is 0. The van der Waals surface area contributed by atoms with Gasteiger partial charge in [-0.15, -0.1) is 0 Å². The van der Waals surface area contributed by atoms with Crippen molar-refractivity contribution in [1.29, 1.82) is 0 Å². The van der Waals surface area contributed by atoms with E-state index in [9.17, 15) is 4.79 Å². The summed E-state index contributed by atoms with van der Waals surface area (Å²) in [5.74, 6) is 0.795. The van der Waals surface area contributed by atoms with E-state index in [0.29, 0.717) is 19.6 Å². The zero-order chi connectivity index (χ0) is 13.1. The number of hydrogen-bond acceptors (Lipinski definition) is 3. The molecule has 0 aliphatic carbocycles. The third-order valence-corrected chi connectivity index (χ3v) is 2.50. The molecule has 1 amide bonds. The van der Waals surface area contributed by atoms with Gasteiger partial charge in [-0.2, -0.15) is 0 Å². The van der Waals surface area contributed by atoms with Crippen molar-refractivity contribution in [2.75, 3.05) is 19.8 Å². The quantitative estimate of drug-likeness (QED) is 0.657. The van der Waals surface area contributed by atoms with Gasteiger partial charge < -0.3 is 15.2 Å². The van der Waals surface area contributed by atoms with Crippen LogP contribution in [0.4, 0.5) is 0 Å². The molecule has 0 spiro atoms. The van der Waals surface area contributed by atoms with Crippen molar-refractivity contribution in [2.24, 2.45) is 0 Å². The molecule has 0 heterocycles. The van der Waals surface area contributed by atoms with E-state index in [1.807, 2.05) is 30.3 Å². The minimum Gasteiger partial charge on any atom is -0.493 e. The number of benzene rings is 1. The highest BCUT2D eigenvalue weighted by Gasteiger charge is 2.00. The van der Waals surface area contributed by atoms with E-state index in [0.717, 1.165) is 25.0 Å². The molecular weight excluding hydrogens is 230 g/mol. The van der Waals surface area contributed by atoms with Crippen LogP contribution in [-0.2, 0) is 4.79 Å². The van der Waals surface area contributed by atoms with Crippen molar-refractivity contribution in [3.63, 3.8) is 0 Å². The number of unbranched alkanes of at least 4 members (excludes halogenated alkanes) is 2. The van der Waals surface area contributed by atoms with E-state index < -0.39 is 0 Å². The summed E-state index contributed by atoms with van der Waals surface area (Å²) in [6, 6.07) is 9.46. The average molecular weight is 251 g/mol. The molecule has 0 atom stereocenters. The topological polar surface area (TPSA) is 58.6 Å². The lowest BCUT2D eigenvalue weighted by Gasteiger charge is -2.07. The zero-order valence-electron chi connectivity index (χ0n) is 10.6. The molecule has 0 aromatic heterocycles. The maximum absolute atomic E-state index is 11.4. The summed E-state index contributed by atoms with van der Waals surface area (Å²) >= 11 is 0. The number of aliphatic hydroxyl groups excluding tert-OH is 1. The summed E-state index contributed by atoms with van der Waals surface area (Å²) in [5.41, 5.74) is 0. The largest absolute Gasteiger partial charge is 0.493 e. The number of aliphatic hydroxyl groups is 1. The minimum absolute atomic E-state index is 0.00919. The fourth-order valence-corrected chi connectivity index (χ4v) is 1.51. The van der Waals surface area contributed by atoms with E-state index in [-0.39, 0.29) is 12.5 Å². The number of carbonyl (C=O) groups is 1. The van der Waals surface area contributed by atoms with Crippen molar-refractivity contribution < 1.29 is 14.6 Å². The maximum atomic E-state index is 11.4. The number of nitrogens with one attached hydrogen (secondary N) is 1. The Bertz CT molecular complexity index is 327. The molecule has 2 N–H and O–H groups in total. The molecular formula is C14H21NO3. The van der Waals surface area contributed by atoms with Crippen LogP contribution in [0.1, 0.15) is 25.7 Å². The zero-order valence-corrected chi connectivity index (χ0v) is 10.6. The molecule has 4 nitrogen and oxygen atoms in total. The lowest BCUT2D eigenvalue weighted by atomic mass is 10.2. The van der Waals surface area contributed by atoms with Crippen LogP contribution in [0.25, 0.3) is 0 Å². The Hall–Kier alpha value is -1.55. The van der Waals surface area contributed by atoms with Gasteiger partial charge in [0.1, 0.15) is 5.75 Å². The third-order valence-electron chi connectivity index (χ3n) is 2.50. The third kappa shape index (κ3) is 6.91. The van der Waals surface area contributed by atoms with Crippen LogP contribution in [0.3, 0.4) is 0 Å². The molecule has 0 bridgehead atoms. The molecule has 0 radical (unpaired) electrons. The summed E-state index contributed by atoms with van der Waals surface area (Å²) in [6.45, 7) is 1.29. The fraction of sp³-hybridized carbons (Fsp3) is 0.500. The fourth-order valence-electron chi connectivity index (χ4n) is 1.51. The smallest absolute Gasteiger partial charge is 0.223 e. The first kappa shape index (κ1) is 14.5. The van der Waals surface area contributed by atoms with Gasteiger partial charge in [0.2, 0.25) is 5.91 Å². The van der Waals surface area contributed by atoms with Crippen LogP contribution >= 0.6 is 0 Å². The molecule has 18 heavy (non-hydrogen) atoms. The highest BCUT2D eigenvalue weighted by Crippen LogP contribution is 2.08. The number of rotatable bonds is 9. The first-order valence-corrected chi connectivity index (χ1v) is 6.38. The van der Waals surface area contributed by atoms with Gasteiger partial charge in [-0.25, -0.2) is 0 Å². The molecule has 1 aromatic carbocycles. The highest BCUT2D eigenvalue weighted by molar-refractivity contribution is 5.75. The Kier molecular flexibility index (Phi) is 7.64. The Labute approximate surface area is 108 Å². The monoisotopic (exact) mass is 251 g/mol. The van der Waals surface area contributed by atoms with Crippen LogP contribution in [-0.4, -0.2) is 30.8 Å². The van der Waals surface area contributed by atoms with E-state index in [1.54, 1.807) is 0 Å². The van der Waals surface area contributed by atoms with Crippen LogP contribution in [0.2, 0.25) is 0 Å². The van der Waals surface area contributed by atoms with Gasteiger partial charge in [0.25, 0.3) is 0 Å². The normalized spacial score (nSPS) is 10.1. The van der Waals surface area contributed by atoms with E-state index in [4.69, 9.17) is 9.84 Å². The van der Waals surface area contributed by atoms with Gasteiger partial charge in [0.05, 0.1) is 13.0 Å². The Morgan fingerprint density at radius 1 is 1.17 bits per heavy atom. The van der Waals surface area contributed by atoms with Crippen molar-refractivity contribution in [2.45, 2.75) is 25.7 Å². The molecule has 4 heteroatoms. The minimum atomic E-state index is 0.00919. The standard InChI is InChI=1S/C14H21NO3/c16-11-6-2-5-10-15-14(17)9-12-18-13-7-3-1-4-8-13/h1,3-4,7-8,16H,2,5-6,9-12H2,(H,15,17). The first-order valence-electron chi connectivity index (χ1n) is 6.38. The molecule has 0 aliphatic heterocycles. The molecule has 0 saturated carbocycles. The predicted molar refractivity (Wildman–Crippen MR) is 70.5 cm³/mol. The Balaban J connectivity index is 2.00. The van der Waals surface area contributed by atoms with Gasteiger partial charge in [-0.05, 0) is 31.4 Å². The van der Waals surface area contributed by atoms with Gasteiger partial charge in [0, 0.05) is 13.2 Å². The van der Waals surface area contributed by atoms with Crippen molar-refractivity contribution in [3.8, 4) is 5.75 Å². The van der Waals surface area contributed by atoms with Crippen molar-refractivity contribution in [3.05, 3.63) is 30.3 Å². The van der Waals surface area contributed by atoms with Crippen LogP contribution in [0.5, 0.6) is 5.75 Å². The van der Waals surface area contributed by atoms with Crippen molar-refractivity contribution in [1.82, 2.24) is 5.32 Å². The summed E-state index contributed by atoms with van der Waals surface area (Å²) < 4.78 is 5.43. The number of para-hydroxylation sites is 1. The number of ether oxygens (including phenoxy) is 1. The van der Waals surface area contributed by atoms with Crippen molar-refractivity contribution >= 4 is 5.91 Å². The van der Waals surface area contributed by atoms with Gasteiger partial charge >= 0.3 is 0 Å². The second kappa shape index (κ2) is 9.48. The Morgan fingerprint density at radius 3 is 2.67 bits per heavy atom. The molecule has 0 saturated heterocycles. The SMILES string of the molecule is O=C(CCOc1ccccc1)NCCCCCO. The summed E-state index contributed by atoms with van der Waals surface area (Å²) in [6.07, 6.45) is 3.02. The molecule has 1 rings (SSSR count). The van der Waals surface area contributed by atoms with E-state index >= 15 is 0 Å². The molecule has 1 aromatic rings. The van der Waals surface area contributed by atoms with E-state index in [1.165, 1.54) is 0 Å². The first-order chi connectivity index (χ1) is 8.83. The van der Waals surface area contributed by atoms with Crippen LogP contribution in [0.15, 0.2) is 30.3 Å². The summed E-state index contributed by atoms with van der Waals surface area (Å²) in [4.78, 5) is 11.4. The van der Waals surface area contributed by atoms with Crippen LogP contribution < -0.4 is 10.1 Å². The maximum Gasteiger partial charge on any atom is 0.223 e. The predicted octanol–water partition coefficient (Wildman–Crippen LogP) is 1.73. The number of amides is 1. The van der Waals surface area contributed by atoms with Crippen LogP contribution in [0, 0.1) is 0 Å². The molecule has 100 valence electrons. The highest BCUT2D eigenvalue weighted by atomic mass is 16.5. The van der Waals surface area contributed by atoms with E-state index in [2.05, 4.69) is 5.32 Å². The van der Waals surface area contributed by atoms with Gasteiger partial charge in [-0.1, -0.05) is 18.2 Å². The summed E-state index contributed by atoms with van der Waals surface area (Å²) in [5, 5.41) is 11.4. The van der Waals surface area contributed by atoms with Gasteiger partial charge in [-0.3, -0.25) is 4.79 Å². The average Bonchev–Trinajstić information content (AvgIpc) is 2.40. The number of hydrogen-bond donors (Lipinski definition) is 2.